The van der Waals surface area contributed by atoms with Crippen LogP contribution in [0.15, 0.2) is 315 Å². The van der Waals surface area contributed by atoms with Gasteiger partial charge in [0.1, 0.15) is 29.4 Å². The van der Waals surface area contributed by atoms with Crippen molar-refractivity contribution in [3.63, 3.8) is 0 Å². The molecule has 3 aliphatic rings. The Kier molecular flexibility index (Phi) is 35.5. The summed E-state index contributed by atoms with van der Waals surface area (Å²) in [7, 11) is 0. The number of ether oxygens (including phenoxy) is 4. The predicted octanol–water partition coefficient (Wildman–Crippen LogP) is 32.9. The number of aryl methyl sites for hydroxylation is 1. The summed E-state index contributed by atoms with van der Waals surface area (Å²) in [6.45, 7) is 24.1. The number of halogens is 11. The van der Waals surface area contributed by atoms with Gasteiger partial charge >= 0.3 is 11.2 Å². The van der Waals surface area contributed by atoms with Crippen LogP contribution in [-0.2, 0) is 14.2 Å². The SMILES string of the molecule is C.Cc1ccc(C2c3ccccc3Oc3ccccc32)cc1.NC(=O)c1cc(Br)c(NC=O)cc1Br.O=COc1cc(Br)c(C(=O)O)cc1Br.O=P(Cl)(Cl)Cl.[C-]#[N+]c1cc(-c2ccc(N3c4ccccc4Oc4ccccc43)cc2)c(C#N)cc1-c1ccc(N2c3ccccc3Oc3ccccc32)cc1.[C-]#[N+]c1cc(Br)c(C#N)cc1Br.[C-]#[N+]c1cc(Br)c(C#N)cc1Br. The molecule has 0 atom stereocenters. The molecule has 2 amide bonds. The van der Waals surface area contributed by atoms with Crippen LogP contribution in [0.1, 0.15) is 73.0 Å². The smallest absolute Gasteiger partial charge is 0.339 e. The first-order valence-electron chi connectivity index (χ1n) is 37.0. The number of aromatic carboxylic acids is 1. The summed E-state index contributed by atoms with van der Waals surface area (Å²) in [6, 6.07) is 96.0. The molecular formula is C97H60Br8Cl3N10O10P. The monoisotopic (exact) mass is 2290 g/mol. The molecule has 0 saturated carbocycles. The Morgan fingerprint density at radius 1 is 0.465 bits per heavy atom. The summed E-state index contributed by atoms with van der Waals surface area (Å²) < 4.78 is 37.0. The van der Waals surface area contributed by atoms with Crippen molar-refractivity contribution < 1.29 is 47.8 Å². The lowest BCUT2D eigenvalue weighted by molar-refractivity contribution is -0.120. The standard InChI is InChI=1S/C44H26N4O2.C20H16O.C8H6Br2N2O2.2C8H2Br2N2.C8H4Br2O4.CH4.Cl3OP/c1-46-36-27-34(29-18-22-32(23-19-29)47-37-10-2-6-14-41(37)49-42-15-7-3-11-38(42)47)31(28-45)26-35(36)30-20-24-33(25-21-30)48-39-12-4-8-16-43(39)50-44-17-9-5-13-40(44)48;1-14-10-12-15(13-11-14)20-16-6-2-4-8-18(16)21-19-9-5-3-7-17(19)20;9-5-2-7(12-3-13)6(10)1-4(5)8(11)14;2*1-12-8-3-6(9)5(4-11)2-7(8)10;9-5-2-7(14-3-11)6(10)1-4(5)8(12)13;;1-5(2,3)4/h2-27H;2-13,20H,1H3;1-3H,(H2,11,14)(H,12,13);2*2-3H;1-3H,(H,12,13);1H4;. The van der Waals surface area contributed by atoms with Crippen molar-refractivity contribution in [1.82, 2.24) is 0 Å². The molecular weight excluding hydrogens is 2240 g/mol. The molecule has 3 aliphatic heterocycles. The van der Waals surface area contributed by atoms with E-state index in [2.05, 4.69) is 257 Å². The molecule has 0 aromatic heterocycles. The summed E-state index contributed by atoms with van der Waals surface area (Å²) in [5.41, 5.74) is 23.1. The number of nitrogens with two attached hydrogens (primary N) is 1. The summed E-state index contributed by atoms with van der Waals surface area (Å²) in [6.07, 6.45) is 0.552. The average molecular weight is 2300 g/mol. The highest BCUT2D eigenvalue weighted by Crippen LogP contribution is 2.61. The number of amides is 2. The molecule has 20 nitrogen and oxygen atoms in total. The van der Waals surface area contributed by atoms with Crippen LogP contribution in [-0.4, -0.2) is 29.9 Å². The van der Waals surface area contributed by atoms with Gasteiger partial charge in [-0.3, -0.25) is 18.9 Å². The Morgan fingerprint density at radius 3 is 1.23 bits per heavy atom. The minimum atomic E-state index is -3.22. The maximum absolute atomic E-state index is 10.9. The molecule has 0 saturated heterocycles. The first kappa shape index (κ1) is 99.0. The van der Waals surface area contributed by atoms with Crippen molar-refractivity contribution in [1.29, 1.82) is 15.8 Å². The first-order valence-corrected chi connectivity index (χ1v) is 47.7. The Labute approximate surface area is 824 Å². The highest BCUT2D eigenvalue weighted by molar-refractivity contribution is 9.12. The zero-order chi connectivity index (χ0) is 92.0. The number of nitrogens with zero attached hydrogens (tertiary/aromatic N) is 8. The van der Waals surface area contributed by atoms with E-state index in [4.69, 9.17) is 55.3 Å². The zero-order valence-electron chi connectivity index (χ0n) is 65.7. The molecule has 0 radical (unpaired) electrons. The van der Waals surface area contributed by atoms with E-state index in [-0.39, 0.29) is 31.1 Å². The topological polar surface area (TPSA) is 271 Å². The van der Waals surface area contributed by atoms with Crippen molar-refractivity contribution in [2.24, 2.45) is 5.73 Å². The second-order valence-corrected chi connectivity index (χ2v) is 40.1. The van der Waals surface area contributed by atoms with Crippen LogP contribution in [0.5, 0.6) is 40.2 Å². The molecule has 0 unspecified atom stereocenters. The summed E-state index contributed by atoms with van der Waals surface area (Å²) >= 11 is 39.1. The molecule has 640 valence electrons. The van der Waals surface area contributed by atoms with Gasteiger partial charge in [-0.1, -0.05) is 210 Å². The van der Waals surface area contributed by atoms with Crippen molar-refractivity contribution in [2.45, 2.75) is 20.3 Å². The van der Waals surface area contributed by atoms with Gasteiger partial charge in [0.2, 0.25) is 23.7 Å². The molecule has 17 rings (SSSR count). The van der Waals surface area contributed by atoms with Crippen LogP contribution >= 0.6 is 166 Å². The number of nitrogens with one attached hydrogen (secondary N) is 1. The van der Waals surface area contributed by atoms with Gasteiger partial charge in [-0.05, 0) is 278 Å². The van der Waals surface area contributed by atoms with Crippen molar-refractivity contribution >= 4 is 248 Å². The second-order valence-electron chi connectivity index (χ2n) is 26.6. The lowest BCUT2D eigenvalue weighted by Crippen LogP contribution is -2.15. The second kappa shape index (κ2) is 46.2. The summed E-state index contributed by atoms with van der Waals surface area (Å²) in [5.74, 6) is 3.97. The molecule has 129 heavy (non-hydrogen) atoms. The van der Waals surface area contributed by atoms with E-state index in [0.717, 1.165) is 85.3 Å². The van der Waals surface area contributed by atoms with Crippen molar-refractivity contribution in [3.05, 3.63) is 399 Å². The Hall–Kier alpha value is -12.2. The average Bonchev–Trinajstić information content (AvgIpc) is 0.765. The maximum atomic E-state index is 10.9. The number of carbonyl (C=O) groups is 4. The van der Waals surface area contributed by atoms with Gasteiger partial charge in [0.15, 0.2) is 28.7 Å². The van der Waals surface area contributed by atoms with Crippen LogP contribution in [0.3, 0.4) is 0 Å². The van der Waals surface area contributed by atoms with Gasteiger partial charge in [0.25, 0.3) is 6.47 Å². The summed E-state index contributed by atoms with van der Waals surface area (Å²) in [5, 5.41) is 35.6. The fraction of sp³-hybridized carbons (Fsp3) is 0.0309. The van der Waals surface area contributed by atoms with Gasteiger partial charge in [0.05, 0.1) is 86.5 Å². The fourth-order valence-electron chi connectivity index (χ4n) is 13.0. The number of hydrogen-bond donors (Lipinski definition) is 3. The van der Waals surface area contributed by atoms with Crippen LogP contribution < -0.4 is 39.8 Å². The third kappa shape index (κ3) is 24.8. The number of para-hydroxylation sites is 10. The van der Waals surface area contributed by atoms with E-state index in [9.17, 15) is 29.0 Å². The molecule has 4 N–H and O–H groups in total. The third-order valence-electron chi connectivity index (χ3n) is 18.7. The molecule has 0 spiro atoms. The predicted molar refractivity (Wildman–Crippen MR) is 536 cm³/mol. The number of fused-ring (bicyclic) bond motifs is 6. The number of rotatable bonds is 11. The van der Waals surface area contributed by atoms with E-state index in [1.807, 2.05) is 194 Å². The lowest BCUT2D eigenvalue weighted by atomic mass is 9.82. The fourth-order valence-corrected chi connectivity index (χ4v) is 16.6. The minimum Gasteiger partial charge on any atom is -0.478 e. The number of anilines is 7. The van der Waals surface area contributed by atoms with Gasteiger partial charge < -0.3 is 44.9 Å². The number of hydrogen-bond acceptors (Lipinski definition) is 14. The van der Waals surface area contributed by atoms with Gasteiger partial charge in [-0.2, -0.15) is 15.8 Å². The van der Waals surface area contributed by atoms with E-state index in [1.165, 1.54) is 40.5 Å². The van der Waals surface area contributed by atoms with E-state index in [1.54, 1.807) is 30.3 Å². The quantitative estimate of drug-likeness (QED) is 0.0617. The van der Waals surface area contributed by atoms with Gasteiger partial charge in [-0.15, -0.1) is 0 Å². The van der Waals surface area contributed by atoms with Crippen LogP contribution in [0.4, 0.5) is 56.9 Å². The minimum absolute atomic E-state index is 0. The lowest BCUT2D eigenvalue weighted by Gasteiger charge is -2.32. The van der Waals surface area contributed by atoms with E-state index >= 15 is 0 Å². The van der Waals surface area contributed by atoms with Gasteiger partial charge in [0, 0.05) is 59.7 Å². The highest BCUT2D eigenvalue weighted by Gasteiger charge is 2.31. The number of nitriles is 3. The highest BCUT2D eigenvalue weighted by atomic mass is 79.9. The van der Waals surface area contributed by atoms with Crippen LogP contribution in [0, 0.1) is 60.6 Å². The van der Waals surface area contributed by atoms with Gasteiger partial charge in [-0.25, -0.2) is 19.3 Å². The Bertz CT molecular complexity index is 6400. The van der Waals surface area contributed by atoms with Crippen LogP contribution in [0.25, 0.3) is 36.8 Å². The molecule has 32 heteroatoms. The maximum Gasteiger partial charge on any atom is 0.339 e. The van der Waals surface area contributed by atoms with Crippen molar-refractivity contribution in [3.8, 4) is 80.7 Å². The molecule has 0 aliphatic carbocycles. The Balaban J connectivity index is 0.000000180. The summed E-state index contributed by atoms with van der Waals surface area (Å²) in [4.78, 5) is 56.7. The molecule has 0 bridgehead atoms. The number of benzene rings is 14. The Morgan fingerprint density at radius 2 is 0.845 bits per heavy atom. The van der Waals surface area contributed by atoms with E-state index < -0.39 is 17.1 Å². The largest absolute Gasteiger partial charge is 0.478 e. The first-order chi connectivity index (χ1) is 61.5. The number of carboxylic acid groups (broad SMARTS) is 1. The van der Waals surface area contributed by atoms with E-state index in [0.29, 0.717) is 92.8 Å². The normalized spacial score (nSPS) is 11.0. The molecule has 3 heterocycles. The zero-order valence-corrected chi connectivity index (χ0v) is 81.5. The van der Waals surface area contributed by atoms with Crippen LogP contribution in [0.2, 0.25) is 0 Å². The molecule has 14 aromatic carbocycles. The number of primary amides is 1. The molecule has 14 aromatic rings. The third-order valence-corrected chi connectivity index (χ3v) is 23.9. The number of carbonyl (C=O) groups excluding carboxylic acids is 3. The van der Waals surface area contributed by atoms with Crippen molar-refractivity contribution in [2.75, 3.05) is 15.1 Å². The number of carboxylic acids is 1. The molecule has 0 fully saturated rings.